The molecule has 5 rings (SSSR count). The molecule has 2 unspecified atom stereocenters. The van der Waals surface area contributed by atoms with Gasteiger partial charge < -0.3 is 15.1 Å². The minimum Gasteiger partial charge on any atom is -0.349 e. The third-order valence-electron chi connectivity index (χ3n) is 9.52. The van der Waals surface area contributed by atoms with Gasteiger partial charge in [0.25, 0.3) is 0 Å². The summed E-state index contributed by atoms with van der Waals surface area (Å²) >= 11 is 3.50. The fourth-order valence-corrected chi connectivity index (χ4v) is 7.41. The highest BCUT2D eigenvalue weighted by molar-refractivity contribution is 9.10. The number of nitrogens with one attached hydrogen (secondary N) is 1. The number of rotatable bonds is 9. The average Bonchev–Trinajstić information content (AvgIpc) is 3.26. The van der Waals surface area contributed by atoms with Crippen LogP contribution in [0.3, 0.4) is 0 Å². The zero-order valence-electron chi connectivity index (χ0n) is 25.5. The van der Waals surface area contributed by atoms with Gasteiger partial charge in [-0.2, -0.15) is 0 Å². The summed E-state index contributed by atoms with van der Waals surface area (Å²) in [6, 6.07) is 22.9. The highest BCUT2D eigenvalue weighted by Crippen LogP contribution is 2.42. The summed E-state index contributed by atoms with van der Waals surface area (Å²) in [7, 11) is 0. The molecular weight excluding hydrogens is 586 g/mol. The number of nitrogens with zero attached hydrogens (tertiary/aromatic N) is 2. The maximum atomic E-state index is 13.6. The van der Waals surface area contributed by atoms with Gasteiger partial charge in [-0.15, -0.1) is 0 Å². The standard InChI is InChI=1S/C36H44BrN3O2/c1-25-22-26(2)33(27(3)23-25)28(4)34(41)38-32(30-8-6-5-7-9-30)14-18-39-19-15-36(16-20-39)17-21-40(35(36)42)24-29-10-12-31(37)13-11-29/h5-13,22-23,28,32H,14-21,24H2,1-4H3,(H,38,41). The van der Waals surface area contributed by atoms with Gasteiger partial charge in [-0.1, -0.05) is 76.1 Å². The third-order valence-corrected chi connectivity index (χ3v) is 10.0. The van der Waals surface area contributed by atoms with E-state index in [2.05, 4.69) is 88.2 Å². The Bertz CT molecular complexity index is 1370. The van der Waals surface area contributed by atoms with Crippen LogP contribution in [-0.2, 0) is 16.1 Å². The number of hydrogen-bond donors (Lipinski definition) is 1. The molecule has 2 heterocycles. The first-order valence-corrected chi connectivity index (χ1v) is 16.1. The fraction of sp³-hybridized carbons (Fsp3) is 0.444. The largest absolute Gasteiger partial charge is 0.349 e. The second kappa shape index (κ2) is 13.1. The van der Waals surface area contributed by atoms with Gasteiger partial charge in [-0.3, -0.25) is 9.59 Å². The number of likely N-dealkylation sites (tertiary alicyclic amines) is 2. The van der Waals surface area contributed by atoms with Crippen molar-refractivity contribution in [1.82, 2.24) is 15.1 Å². The van der Waals surface area contributed by atoms with E-state index in [1.54, 1.807) is 0 Å². The van der Waals surface area contributed by atoms with Crippen LogP contribution in [0.25, 0.3) is 0 Å². The zero-order valence-corrected chi connectivity index (χ0v) is 27.0. The van der Waals surface area contributed by atoms with Gasteiger partial charge in [0.15, 0.2) is 0 Å². The summed E-state index contributed by atoms with van der Waals surface area (Å²) in [5.41, 5.74) is 6.80. The van der Waals surface area contributed by atoms with Crippen molar-refractivity contribution in [2.75, 3.05) is 26.2 Å². The molecular formula is C36H44BrN3O2. The molecule has 42 heavy (non-hydrogen) atoms. The fourth-order valence-electron chi connectivity index (χ4n) is 7.14. The number of carbonyl (C=O) groups excluding carboxylic acids is 2. The Labute approximate surface area is 259 Å². The first kappa shape index (κ1) is 30.5. The second-order valence-corrected chi connectivity index (χ2v) is 13.4. The Morgan fingerprint density at radius 1 is 0.929 bits per heavy atom. The van der Waals surface area contributed by atoms with Crippen molar-refractivity contribution in [3.05, 3.63) is 105 Å². The Morgan fingerprint density at radius 3 is 2.19 bits per heavy atom. The number of hydrogen-bond acceptors (Lipinski definition) is 3. The van der Waals surface area contributed by atoms with E-state index in [1.165, 1.54) is 22.3 Å². The van der Waals surface area contributed by atoms with Gasteiger partial charge in [-0.05, 0) is 106 Å². The third kappa shape index (κ3) is 6.81. The molecule has 0 radical (unpaired) electrons. The summed E-state index contributed by atoms with van der Waals surface area (Å²) in [5, 5.41) is 3.40. The summed E-state index contributed by atoms with van der Waals surface area (Å²) in [5.74, 6) is 0.175. The van der Waals surface area contributed by atoms with Crippen LogP contribution < -0.4 is 5.32 Å². The van der Waals surface area contributed by atoms with E-state index in [9.17, 15) is 9.59 Å². The molecule has 2 amide bonds. The summed E-state index contributed by atoms with van der Waals surface area (Å²) in [4.78, 5) is 31.6. The van der Waals surface area contributed by atoms with E-state index < -0.39 is 0 Å². The first-order valence-electron chi connectivity index (χ1n) is 15.3. The van der Waals surface area contributed by atoms with E-state index in [0.717, 1.165) is 67.5 Å². The van der Waals surface area contributed by atoms with Crippen LogP contribution in [0.1, 0.15) is 77.9 Å². The van der Waals surface area contributed by atoms with Crippen molar-refractivity contribution in [3.8, 4) is 0 Å². The Hall–Kier alpha value is -2.96. The highest BCUT2D eigenvalue weighted by atomic mass is 79.9. The Balaban J connectivity index is 1.19. The molecule has 2 atom stereocenters. The molecule has 1 N–H and O–H groups in total. The molecule has 2 saturated heterocycles. The molecule has 2 aliphatic rings. The number of piperidine rings is 1. The van der Waals surface area contributed by atoms with Gasteiger partial charge in [-0.25, -0.2) is 0 Å². The van der Waals surface area contributed by atoms with E-state index in [0.29, 0.717) is 12.5 Å². The summed E-state index contributed by atoms with van der Waals surface area (Å²) in [6.07, 6.45) is 3.61. The monoisotopic (exact) mass is 629 g/mol. The number of amides is 2. The number of carbonyl (C=O) groups is 2. The predicted molar refractivity (Wildman–Crippen MR) is 173 cm³/mol. The lowest BCUT2D eigenvalue weighted by Crippen LogP contribution is -2.45. The molecule has 0 saturated carbocycles. The van der Waals surface area contributed by atoms with Crippen LogP contribution in [-0.4, -0.2) is 47.8 Å². The van der Waals surface area contributed by atoms with Crippen LogP contribution in [0.5, 0.6) is 0 Å². The van der Waals surface area contributed by atoms with Gasteiger partial charge in [0.1, 0.15) is 0 Å². The second-order valence-electron chi connectivity index (χ2n) is 12.5. The summed E-state index contributed by atoms with van der Waals surface area (Å²) in [6.45, 7) is 12.6. The zero-order chi connectivity index (χ0) is 29.9. The van der Waals surface area contributed by atoms with E-state index in [1.807, 2.05) is 37.3 Å². The summed E-state index contributed by atoms with van der Waals surface area (Å²) < 4.78 is 1.06. The lowest BCUT2D eigenvalue weighted by Gasteiger charge is -2.38. The van der Waals surface area contributed by atoms with Crippen molar-refractivity contribution >= 4 is 27.7 Å². The van der Waals surface area contributed by atoms with Gasteiger partial charge in [0, 0.05) is 24.1 Å². The van der Waals surface area contributed by atoms with Crippen LogP contribution in [0.15, 0.2) is 71.2 Å². The van der Waals surface area contributed by atoms with Crippen LogP contribution >= 0.6 is 15.9 Å². The SMILES string of the molecule is Cc1cc(C)c(C(C)C(=O)NC(CCN2CCC3(CC2)CCN(Cc2ccc(Br)cc2)C3=O)c2ccccc2)c(C)c1. The van der Waals surface area contributed by atoms with Gasteiger partial charge in [0.05, 0.1) is 17.4 Å². The maximum absolute atomic E-state index is 13.6. The van der Waals surface area contributed by atoms with Crippen LogP contribution in [0, 0.1) is 26.2 Å². The Morgan fingerprint density at radius 2 is 1.55 bits per heavy atom. The molecule has 3 aromatic rings. The molecule has 222 valence electrons. The minimum atomic E-state index is -0.222. The Kier molecular flexibility index (Phi) is 9.54. The molecule has 0 bridgehead atoms. The lowest BCUT2D eigenvalue weighted by atomic mass is 9.77. The topological polar surface area (TPSA) is 52.7 Å². The van der Waals surface area contributed by atoms with Gasteiger partial charge in [0.2, 0.25) is 11.8 Å². The molecule has 6 heteroatoms. The van der Waals surface area contributed by atoms with E-state index >= 15 is 0 Å². The molecule has 5 nitrogen and oxygen atoms in total. The maximum Gasteiger partial charge on any atom is 0.229 e. The molecule has 2 aliphatic heterocycles. The normalized spacial score (nSPS) is 18.3. The predicted octanol–water partition coefficient (Wildman–Crippen LogP) is 7.24. The smallest absolute Gasteiger partial charge is 0.229 e. The highest BCUT2D eigenvalue weighted by Gasteiger charge is 2.47. The van der Waals surface area contributed by atoms with Crippen molar-refractivity contribution < 1.29 is 9.59 Å². The van der Waals surface area contributed by atoms with E-state index in [-0.39, 0.29) is 23.3 Å². The molecule has 0 aliphatic carbocycles. The minimum absolute atomic E-state index is 0.0578. The van der Waals surface area contributed by atoms with Gasteiger partial charge >= 0.3 is 0 Å². The molecule has 2 fully saturated rings. The van der Waals surface area contributed by atoms with Crippen LogP contribution in [0.4, 0.5) is 0 Å². The molecule has 0 aromatic heterocycles. The molecule has 1 spiro atoms. The first-order chi connectivity index (χ1) is 20.1. The van der Waals surface area contributed by atoms with Crippen molar-refractivity contribution in [2.24, 2.45) is 5.41 Å². The average molecular weight is 631 g/mol. The lowest BCUT2D eigenvalue weighted by molar-refractivity contribution is -0.139. The number of halogens is 1. The quantitative estimate of drug-likeness (QED) is 0.271. The van der Waals surface area contributed by atoms with E-state index in [4.69, 9.17) is 0 Å². The van der Waals surface area contributed by atoms with Crippen LogP contribution in [0.2, 0.25) is 0 Å². The number of benzene rings is 3. The van der Waals surface area contributed by atoms with Crippen molar-refractivity contribution in [2.45, 2.75) is 71.9 Å². The molecule has 3 aromatic carbocycles. The number of aryl methyl sites for hydroxylation is 3. The van der Waals surface area contributed by atoms with Crippen molar-refractivity contribution in [1.29, 1.82) is 0 Å². The van der Waals surface area contributed by atoms with Crippen molar-refractivity contribution in [3.63, 3.8) is 0 Å².